The highest BCUT2D eigenvalue weighted by atomic mass is 16.6. The first kappa shape index (κ1) is 7.53. The lowest BCUT2D eigenvalue weighted by Crippen LogP contribution is -2.25. The first-order valence-corrected chi connectivity index (χ1v) is 4.11. The van der Waals surface area contributed by atoms with Crippen molar-refractivity contribution in [2.24, 2.45) is 0 Å². The van der Waals surface area contributed by atoms with Gasteiger partial charge in [-0.25, -0.2) is 0 Å². The molecule has 1 heterocycles. The molecule has 1 aliphatic carbocycles. The lowest BCUT2D eigenvalue weighted by atomic mass is 10.1. The summed E-state index contributed by atoms with van der Waals surface area (Å²) in [6, 6.07) is 0. The molecular formula is C8H14O3. The SMILES string of the molecule is COC[C@H]1OC2(CC2)C[C@@H]1O. The van der Waals surface area contributed by atoms with Crippen LogP contribution >= 0.6 is 0 Å². The Kier molecular flexibility index (Phi) is 1.67. The van der Waals surface area contributed by atoms with Gasteiger partial charge in [0.25, 0.3) is 0 Å². The van der Waals surface area contributed by atoms with E-state index in [0.717, 1.165) is 19.3 Å². The van der Waals surface area contributed by atoms with Gasteiger partial charge in [0.05, 0.1) is 18.3 Å². The molecule has 0 radical (unpaired) electrons. The fourth-order valence-corrected chi connectivity index (χ4v) is 1.73. The van der Waals surface area contributed by atoms with Gasteiger partial charge >= 0.3 is 0 Å². The molecule has 0 amide bonds. The maximum atomic E-state index is 9.49. The fraction of sp³-hybridized carbons (Fsp3) is 1.00. The van der Waals surface area contributed by atoms with Crippen molar-refractivity contribution >= 4 is 0 Å². The van der Waals surface area contributed by atoms with Crippen molar-refractivity contribution < 1.29 is 14.6 Å². The first-order valence-electron chi connectivity index (χ1n) is 4.11. The number of ether oxygens (including phenoxy) is 2. The normalized spacial score (nSPS) is 39.8. The van der Waals surface area contributed by atoms with Gasteiger partial charge < -0.3 is 14.6 Å². The van der Waals surface area contributed by atoms with Crippen LogP contribution in [0.25, 0.3) is 0 Å². The molecule has 3 nitrogen and oxygen atoms in total. The molecule has 0 unspecified atom stereocenters. The van der Waals surface area contributed by atoms with E-state index < -0.39 is 0 Å². The van der Waals surface area contributed by atoms with Crippen molar-refractivity contribution in [3.8, 4) is 0 Å². The molecule has 0 aromatic rings. The highest BCUT2D eigenvalue weighted by Crippen LogP contribution is 2.49. The number of methoxy groups -OCH3 is 1. The van der Waals surface area contributed by atoms with Crippen LogP contribution in [-0.2, 0) is 9.47 Å². The quantitative estimate of drug-likeness (QED) is 0.628. The molecular weight excluding hydrogens is 144 g/mol. The van der Waals surface area contributed by atoms with Gasteiger partial charge in [0.1, 0.15) is 6.10 Å². The van der Waals surface area contributed by atoms with E-state index in [9.17, 15) is 5.11 Å². The topological polar surface area (TPSA) is 38.7 Å². The Labute approximate surface area is 66.3 Å². The van der Waals surface area contributed by atoms with Gasteiger partial charge in [0, 0.05) is 13.5 Å². The summed E-state index contributed by atoms with van der Waals surface area (Å²) in [6.45, 7) is 0.517. The average Bonchev–Trinajstić information content (AvgIpc) is 2.61. The molecule has 2 rings (SSSR count). The van der Waals surface area contributed by atoms with Crippen LogP contribution < -0.4 is 0 Å². The summed E-state index contributed by atoms with van der Waals surface area (Å²) in [5.41, 5.74) is 0.0581. The molecule has 1 spiro atoms. The molecule has 1 aliphatic heterocycles. The summed E-state index contributed by atoms with van der Waals surface area (Å²) in [6.07, 6.45) is 2.65. The number of aliphatic hydroxyl groups excluding tert-OH is 1. The fourth-order valence-electron chi connectivity index (χ4n) is 1.73. The van der Waals surface area contributed by atoms with E-state index in [1.165, 1.54) is 0 Å². The van der Waals surface area contributed by atoms with Crippen molar-refractivity contribution in [3.63, 3.8) is 0 Å². The van der Waals surface area contributed by atoms with Crippen molar-refractivity contribution in [3.05, 3.63) is 0 Å². The van der Waals surface area contributed by atoms with Gasteiger partial charge in [-0.1, -0.05) is 0 Å². The Hall–Kier alpha value is -0.120. The summed E-state index contributed by atoms with van der Waals surface area (Å²) in [4.78, 5) is 0. The van der Waals surface area contributed by atoms with Crippen LogP contribution in [0.3, 0.4) is 0 Å². The number of aliphatic hydroxyl groups is 1. The second kappa shape index (κ2) is 2.44. The Bertz CT molecular complexity index is 153. The van der Waals surface area contributed by atoms with Crippen molar-refractivity contribution in [1.29, 1.82) is 0 Å². The summed E-state index contributed by atoms with van der Waals surface area (Å²) >= 11 is 0. The number of rotatable bonds is 2. The molecule has 64 valence electrons. The predicted octanol–water partition coefficient (Wildman–Crippen LogP) is 0.315. The highest BCUT2D eigenvalue weighted by molar-refractivity contribution is 5.04. The Morgan fingerprint density at radius 1 is 1.64 bits per heavy atom. The Morgan fingerprint density at radius 2 is 2.36 bits per heavy atom. The number of hydrogen-bond donors (Lipinski definition) is 1. The van der Waals surface area contributed by atoms with Crippen LogP contribution in [0, 0.1) is 0 Å². The zero-order chi connectivity index (χ0) is 7.90. The Balaban J connectivity index is 1.92. The van der Waals surface area contributed by atoms with E-state index in [4.69, 9.17) is 9.47 Å². The molecule has 1 saturated carbocycles. The van der Waals surface area contributed by atoms with Gasteiger partial charge in [0.2, 0.25) is 0 Å². The molecule has 11 heavy (non-hydrogen) atoms. The zero-order valence-electron chi connectivity index (χ0n) is 6.75. The number of hydrogen-bond acceptors (Lipinski definition) is 3. The minimum Gasteiger partial charge on any atom is -0.390 e. The van der Waals surface area contributed by atoms with Crippen molar-refractivity contribution in [1.82, 2.24) is 0 Å². The largest absolute Gasteiger partial charge is 0.390 e. The molecule has 1 N–H and O–H groups in total. The van der Waals surface area contributed by atoms with Crippen LogP contribution in [0.4, 0.5) is 0 Å². The molecule has 2 atom stereocenters. The summed E-state index contributed by atoms with van der Waals surface area (Å²) < 4.78 is 10.6. The van der Waals surface area contributed by atoms with E-state index in [1.54, 1.807) is 7.11 Å². The molecule has 0 aromatic carbocycles. The molecule has 2 aliphatic rings. The first-order chi connectivity index (χ1) is 5.26. The van der Waals surface area contributed by atoms with Crippen LogP contribution in [0.15, 0.2) is 0 Å². The van der Waals surface area contributed by atoms with E-state index in [1.807, 2.05) is 0 Å². The van der Waals surface area contributed by atoms with Crippen LogP contribution in [-0.4, -0.2) is 36.6 Å². The smallest absolute Gasteiger partial charge is 0.107 e. The van der Waals surface area contributed by atoms with Gasteiger partial charge in [-0.2, -0.15) is 0 Å². The summed E-state index contributed by atoms with van der Waals surface area (Å²) in [5.74, 6) is 0. The standard InChI is InChI=1S/C8H14O3/c1-10-5-7-6(9)4-8(11-7)2-3-8/h6-7,9H,2-5H2,1H3/t6-,7+/m0/s1. The third kappa shape index (κ3) is 1.28. The van der Waals surface area contributed by atoms with E-state index in [2.05, 4.69) is 0 Å². The molecule has 3 heteroatoms. The Morgan fingerprint density at radius 3 is 2.82 bits per heavy atom. The monoisotopic (exact) mass is 158 g/mol. The van der Waals surface area contributed by atoms with Gasteiger partial charge in [-0.3, -0.25) is 0 Å². The molecule has 2 fully saturated rings. The third-order valence-corrected chi connectivity index (χ3v) is 2.55. The molecule has 0 bridgehead atoms. The van der Waals surface area contributed by atoms with Crippen molar-refractivity contribution in [2.45, 2.75) is 37.1 Å². The maximum absolute atomic E-state index is 9.49. The van der Waals surface area contributed by atoms with Crippen molar-refractivity contribution in [2.75, 3.05) is 13.7 Å². The van der Waals surface area contributed by atoms with Crippen LogP contribution in [0.5, 0.6) is 0 Å². The predicted molar refractivity (Wildman–Crippen MR) is 39.3 cm³/mol. The second-order valence-electron chi connectivity index (χ2n) is 3.57. The van der Waals surface area contributed by atoms with E-state index in [-0.39, 0.29) is 17.8 Å². The lowest BCUT2D eigenvalue weighted by molar-refractivity contribution is -0.0411. The minimum absolute atomic E-state index is 0.0581. The second-order valence-corrected chi connectivity index (χ2v) is 3.57. The molecule has 1 saturated heterocycles. The third-order valence-electron chi connectivity index (χ3n) is 2.55. The van der Waals surface area contributed by atoms with Gasteiger partial charge in [0.15, 0.2) is 0 Å². The van der Waals surface area contributed by atoms with Crippen LogP contribution in [0.2, 0.25) is 0 Å². The van der Waals surface area contributed by atoms with Crippen LogP contribution in [0.1, 0.15) is 19.3 Å². The van der Waals surface area contributed by atoms with E-state index in [0.29, 0.717) is 6.61 Å². The zero-order valence-corrected chi connectivity index (χ0v) is 6.75. The molecule has 0 aromatic heterocycles. The summed E-state index contributed by atoms with van der Waals surface area (Å²) in [7, 11) is 1.63. The summed E-state index contributed by atoms with van der Waals surface area (Å²) in [5, 5.41) is 9.49. The van der Waals surface area contributed by atoms with Gasteiger partial charge in [-0.05, 0) is 12.8 Å². The maximum Gasteiger partial charge on any atom is 0.107 e. The minimum atomic E-state index is -0.308. The highest BCUT2D eigenvalue weighted by Gasteiger charge is 2.53. The van der Waals surface area contributed by atoms with E-state index >= 15 is 0 Å². The lowest BCUT2D eigenvalue weighted by Gasteiger charge is -2.12. The van der Waals surface area contributed by atoms with Gasteiger partial charge in [-0.15, -0.1) is 0 Å². The average molecular weight is 158 g/mol.